The van der Waals surface area contributed by atoms with Crippen molar-refractivity contribution in [1.82, 2.24) is 19.8 Å². The van der Waals surface area contributed by atoms with Gasteiger partial charge in [0.15, 0.2) is 0 Å². The fourth-order valence-corrected chi connectivity index (χ4v) is 3.60. The number of carbonyl (C=O) groups is 1. The first-order valence-corrected chi connectivity index (χ1v) is 9.19. The molecule has 0 N–H and O–H groups in total. The van der Waals surface area contributed by atoms with Crippen LogP contribution in [0.2, 0.25) is 0 Å². The van der Waals surface area contributed by atoms with Crippen LogP contribution in [0.4, 0.5) is 5.95 Å². The summed E-state index contributed by atoms with van der Waals surface area (Å²) in [7, 11) is 0. The van der Waals surface area contributed by atoms with Crippen LogP contribution in [-0.4, -0.2) is 71.5 Å². The number of nitrogens with zero attached hydrogens (tertiary/aromatic N) is 5. The summed E-state index contributed by atoms with van der Waals surface area (Å²) in [5.74, 6) is 1.42. The van der Waals surface area contributed by atoms with E-state index in [-0.39, 0.29) is 5.91 Å². The Balaban J connectivity index is 1.74. The van der Waals surface area contributed by atoms with Gasteiger partial charge in [-0.1, -0.05) is 13.8 Å². The van der Waals surface area contributed by atoms with Crippen molar-refractivity contribution in [2.75, 3.05) is 50.7 Å². The van der Waals surface area contributed by atoms with E-state index >= 15 is 0 Å². The van der Waals surface area contributed by atoms with Gasteiger partial charge in [0, 0.05) is 45.0 Å². The summed E-state index contributed by atoms with van der Waals surface area (Å²) in [5.41, 5.74) is 1.41. The molecule has 1 amide bonds. The molecule has 1 atom stereocenters. The van der Waals surface area contributed by atoms with Crippen molar-refractivity contribution < 1.29 is 4.79 Å². The first kappa shape index (κ1) is 17.1. The average Bonchev–Trinajstić information content (AvgIpc) is 2.60. The number of aryl methyl sites for hydroxylation is 1. The lowest BCUT2D eigenvalue weighted by Gasteiger charge is -2.34. The monoisotopic (exact) mass is 331 g/mol. The molecule has 2 aliphatic rings. The highest BCUT2D eigenvalue weighted by atomic mass is 16.2. The van der Waals surface area contributed by atoms with E-state index in [1.165, 1.54) is 12.8 Å². The van der Waals surface area contributed by atoms with E-state index in [4.69, 9.17) is 0 Å². The van der Waals surface area contributed by atoms with Gasteiger partial charge in [-0.05, 0) is 38.3 Å². The van der Waals surface area contributed by atoms with E-state index in [2.05, 4.69) is 33.6 Å². The van der Waals surface area contributed by atoms with Crippen LogP contribution in [0.1, 0.15) is 42.9 Å². The van der Waals surface area contributed by atoms with E-state index in [9.17, 15) is 4.79 Å². The summed E-state index contributed by atoms with van der Waals surface area (Å²) in [6, 6.07) is 1.82. The highest BCUT2D eigenvalue weighted by Gasteiger charge is 2.25. The molecule has 3 heterocycles. The van der Waals surface area contributed by atoms with Gasteiger partial charge in [0.25, 0.3) is 5.91 Å². The van der Waals surface area contributed by atoms with Gasteiger partial charge in [-0.2, -0.15) is 0 Å². The largest absolute Gasteiger partial charge is 0.341 e. The predicted molar refractivity (Wildman–Crippen MR) is 95.4 cm³/mol. The number of anilines is 1. The van der Waals surface area contributed by atoms with Crippen molar-refractivity contribution in [1.29, 1.82) is 0 Å². The molecule has 3 rings (SSSR count). The molecule has 0 radical (unpaired) electrons. The van der Waals surface area contributed by atoms with Gasteiger partial charge in [0.05, 0.1) is 0 Å². The number of hydrogen-bond acceptors (Lipinski definition) is 5. The standard InChI is InChI=1S/C18H29N5O/c1-4-21-8-10-22(11-9-21)17(24)16-12-15(3)19-18(20-16)23-7-5-6-14(2)13-23/h12,14H,4-11,13H2,1-3H3. The summed E-state index contributed by atoms with van der Waals surface area (Å²) >= 11 is 0. The number of piperidine rings is 1. The van der Waals surface area contributed by atoms with E-state index in [0.717, 1.165) is 57.5 Å². The normalized spacial score (nSPS) is 22.7. The molecule has 6 heteroatoms. The summed E-state index contributed by atoms with van der Waals surface area (Å²) in [6.07, 6.45) is 2.43. The maximum Gasteiger partial charge on any atom is 0.272 e. The fraction of sp³-hybridized carbons (Fsp3) is 0.722. The van der Waals surface area contributed by atoms with Crippen LogP contribution in [0.15, 0.2) is 6.07 Å². The zero-order valence-electron chi connectivity index (χ0n) is 15.2. The number of carbonyl (C=O) groups excluding carboxylic acids is 1. The number of likely N-dealkylation sites (N-methyl/N-ethyl adjacent to an activating group) is 1. The Hall–Kier alpha value is -1.69. The fourth-order valence-electron chi connectivity index (χ4n) is 3.60. The molecule has 0 bridgehead atoms. The topological polar surface area (TPSA) is 52.6 Å². The quantitative estimate of drug-likeness (QED) is 0.845. The second-order valence-corrected chi connectivity index (χ2v) is 7.11. The summed E-state index contributed by atoms with van der Waals surface area (Å²) < 4.78 is 0. The van der Waals surface area contributed by atoms with Crippen LogP contribution >= 0.6 is 0 Å². The maximum absolute atomic E-state index is 12.8. The van der Waals surface area contributed by atoms with Crippen LogP contribution in [0.25, 0.3) is 0 Å². The van der Waals surface area contributed by atoms with Crippen molar-refractivity contribution in [3.05, 3.63) is 17.5 Å². The van der Waals surface area contributed by atoms with Crippen LogP contribution in [0, 0.1) is 12.8 Å². The van der Waals surface area contributed by atoms with Crippen molar-refractivity contribution in [3.63, 3.8) is 0 Å². The van der Waals surface area contributed by atoms with Gasteiger partial charge in [-0.3, -0.25) is 4.79 Å². The molecule has 132 valence electrons. The van der Waals surface area contributed by atoms with Gasteiger partial charge in [-0.25, -0.2) is 9.97 Å². The van der Waals surface area contributed by atoms with Crippen molar-refractivity contribution in [2.45, 2.75) is 33.6 Å². The van der Waals surface area contributed by atoms with Gasteiger partial charge in [0.2, 0.25) is 5.95 Å². The number of aromatic nitrogens is 2. The van der Waals surface area contributed by atoms with Crippen LogP contribution < -0.4 is 4.90 Å². The molecule has 1 unspecified atom stereocenters. The molecule has 24 heavy (non-hydrogen) atoms. The maximum atomic E-state index is 12.8. The molecule has 0 saturated carbocycles. The Kier molecular flexibility index (Phi) is 5.33. The van der Waals surface area contributed by atoms with E-state index in [0.29, 0.717) is 11.6 Å². The second-order valence-electron chi connectivity index (χ2n) is 7.11. The van der Waals surface area contributed by atoms with Crippen molar-refractivity contribution in [2.24, 2.45) is 5.92 Å². The highest BCUT2D eigenvalue weighted by Crippen LogP contribution is 2.21. The Morgan fingerprint density at radius 1 is 1.21 bits per heavy atom. The zero-order chi connectivity index (χ0) is 17.1. The van der Waals surface area contributed by atoms with Crippen molar-refractivity contribution >= 4 is 11.9 Å². The number of piperazine rings is 1. The minimum atomic E-state index is 0.0440. The highest BCUT2D eigenvalue weighted by molar-refractivity contribution is 5.92. The first-order chi connectivity index (χ1) is 11.6. The smallest absolute Gasteiger partial charge is 0.272 e. The molecule has 1 aromatic heterocycles. The van der Waals surface area contributed by atoms with Gasteiger partial charge < -0.3 is 14.7 Å². The molecular formula is C18H29N5O. The van der Waals surface area contributed by atoms with Crippen molar-refractivity contribution in [3.8, 4) is 0 Å². The molecule has 0 spiro atoms. The van der Waals surface area contributed by atoms with E-state index < -0.39 is 0 Å². The lowest BCUT2D eigenvalue weighted by atomic mass is 10.0. The molecule has 1 aromatic rings. The molecule has 0 aliphatic carbocycles. The minimum absolute atomic E-state index is 0.0440. The number of amides is 1. The Bertz CT molecular complexity index is 583. The lowest BCUT2D eigenvalue weighted by Crippen LogP contribution is -2.48. The molecule has 2 aliphatic heterocycles. The molecule has 2 fully saturated rings. The summed E-state index contributed by atoms with van der Waals surface area (Å²) in [5, 5.41) is 0. The van der Waals surface area contributed by atoms with Gasteiger partial charge in [0.1, 0.15) is 5.69 Å². The Morgan fingerprint density at radius 3 is 2.62 bits per heavy atom. The van der Waals surface area contributed by atoms with Gasteiger partial charge in [-0.15, -0.1) is 0 Å². The Morgan fingerprint density at radius 2 is 1.96 bits per heavy atom. The molecule has 6 nitrogen and oxygen atoms in total. The molecule has 2 saturated heterocycles. The summed E-state index contributed by atoms with van der Waals surface area (Å²) in [4.78, 5) is 28.6. The zero-order valence-corrected chi connectivity index (χ0v) is 15.2. The minimum Gasteiger partial charge on any atom is -0.341 e. The third-order valence-electron chi connectivity index (χ3n) is 5.11. The first-order valence-electron chi connectivity index (χ1n) is 9.19. The van der Waals surface area contributed by atoms with Crippen LogP contribution in [-0.2, 0) is 0 Å². The third-order valence-corrected chi connectivity index (χ3v) is 5.11. The Labute approximate surface area is 144 Å². The average molecular weight is 331 g/mol. The number of hydrogen-bond donors (Lipinski definition) is 0. The predicted octanol–water partition coefficient (Wildman–Crippen LogP) is 1.80. The SMILES string of the molecule is CCN1CCN(C(=O)c2cc(C)nc(N3CCCC(C)C3)n2)CC1. The lowest BCUT2D eigenvalue weighted by molar-refractivity contribution is 0.0637. The third kappa shape index (κ3) is 3.86. The van der Waals surface area contributed by atoms with Gasteiger partial charge >= 0.3 is 0 Å². The van der Waals surface area contributed by atoms with Crippen LogP contribution in [0.5, 0.6) is 0 Å². The molecule has 0 aromatic carbocycles. The number of rotatable bonds is 3. The summed E-state index contributed by atoms with van der Waals surface area (Å²) in [6.45, 7) is 12.8. The van der Waals surface area contributed by atoms with Crippen LogP contribution in [0.3, 0.4) is 0 Å². The molecular weight excluding hydrogens is 302 g/mol. The van der Waals surface area contributed by atoms with E-state index in [1.54, 1.807) is 0 Å². The van der Waals surface area contributed by atoms with E-state index in [1.807, 2.05) is 17.9 Å². The second kappa shape index (κ2) is 7.47.